The molecule has 7 heteroatoms. The van der Waals surface area contributed by atoms with Gasteiger partial charge in [0.25, 0.3) is 5.91 Å². The van der Waals surface area contributed by atoms with E-state index in [1.54, 1.807) is 0 Å². The molecule has 0 spiro atoms. The van der Waals surface area contributed by atoms with Gasteiger partial charge in [-0.15, -0.1) is 5.10 Å². The van der Waals surface area contributed by atoms with Crippen LogP contribution < -0.4 is 5.32 Å². The van der Waals surface area contributed by atoms with Crippen LogP contribution in [0.4, 0.5) is 5.69 Å². The van der Waals surface area contributed by atoms with E-state index in [4.69, 9.17) is 0 Å². The molecule has 0 aliphatic carbocycles. The molecule has 0 saturated heterocycles. The van der Waals surface area contributed by atoms with Crippen molar-refractivity contribution in [1.82, 2.24) is 19.6 Å². The maximum atomic E-state index is 12.0. The third-order valence-electron chi connectivity index (χ3n) is 3.14. The maximum Gasteiger partial charge on any atom is 0.269 e. The van der Waals surface area contributed by atoms with Gasteiger partial charge in [0.1, 0.15) is 10.7 Å². The van der Waals surface area contributed by atoms with Gasteiger partial charge in [-0.3, -0.25) is 4.79 Å². The molecular formula is C14H15N5OS. The summed E-state index contributed by atoms with van der Waals surface area (Å²) >= 11 is 1.07. The maximum absolute atomic E-state index is 12.0. The monoisotopic (exact) mass is 301 g/mol. The van der Waals surface area contributed by atoms with Crippen LogP contribution in [0.1, 0.15) is 35.3 Å². The van der Waals surface area contributed by atoms with Gasteiger partial charge in [0.15, 0.2) is 0 Å². The topological polar surface area (TPSA) is 83.6 Å². The summed E-state index contributed by atoms with van der Waals surface area (Å²) in [5, 5.41) is 6.49. The second-order valence-corrected chi connectivity index (χ2v) is 5.54. The Morgan fingerprint density at radius 3 is 3.10 bits per heavy atom. The lowest BCUT2D eigenvalue weighted by molar-refractivity contribution is 0.103. The predicted molar refractivity (Wildman–Crippen MR) is 82.6 cm³/mol. The number of aromatic amines is 1. The number of aryl methyl sites for hydroxylation is 1. The zero-order valence-corrected chi connectivity index (χ0v) is 12.4. The Bertz CT molecular complexity index is 750. The molecule has 0 radical (unpaired) electrons. The minimum Gasteiger partial charge on any atom is -0.342 e. The molecule has 6 nitrogen and oxygen atoms in total. The van der Waals surface area contributed by atoms with E-state index < -0.39 is 0 Å². The highest BCUT2D eigenvalue weighted by atomic mass is 32.1. The van der Waals surface area contributed by atoms with Crippen LogP contribution in [0.2, 0.25) is 0 Å². The van der Waals surface area contributed by atoms with Crippen LogP contribution in [0.15, 0.2) is 24.4 Å². The van der Waals surface area contributed by atoms with Crippen LogP contribution in [0.25, 0.3) is 11.0 Å². The summed E-state index contributed by atoms with van der Waals surface area (Å²) in [7, 11) is 0. The normalized spacial score (nSPS) is 10.9. The van der Waals surface area contributed by atoms with Crippen molar-refractivity contribution in [3.05, 3.63) is 35.1 Å². The number of imidazole rings is 1. The van der Waals surface area contributed by atoms with Crippen LogP contribution >= 0.6 is 11.5 Å². The van der Waals surface area contributed by atoms with Gasteiger partial charge in [-0.1, -0.05) is 17.8 Å². The largest absolute Gasteiger partial charge is 0.342 e. The molecule has 2 aromatic heterocycles. The number of fused-ring (bicyclic) bond motifs is 1. The third kappa shape index (κ3) is 3.08. The van der Waals surface area contributed by atoms with E-state index in [9.17, 15) is 4.79 Å². The summed E-state index contributed by atoms with van der Waals surface area (Å²) in [6, 6.07) is 5.64. The average Bonchev–Trinajstić information content (AvgIpc) is 3.13. The fraction of sp³-hybridized carbons (Fsp3) is 0.286. The van der Waals surface area contributed by atoms with E-state index in [0.29, 0.717) is 4.88 Å². The summed E-state index contributed by atoms with van der Waals surface area (Å²) in [6.07, 6.45) is 4.65. The van der Waals surface area contributed by atoms with Crippen LogP contribution in [-0.4, -0.2) is 25.5 Å². The second-order valence-electron chi connectivity index (χ2n) is 4.75. The number of amides is 1. The Kier molecular flexibility index (Phi) is 3.92. The van der Waals surface area contributed by atoms with Crippen LogP contribution in [0.3, 0.4) is 0 Å². The van der Waals surface area contributed by atoms with E-state index in [1.807, 2.05) is 18.2 Å². The molecule has 0 aliphatic rings. The fourth-order valence-electron chi connectivity index (χ4n) is 2.06. The van der Waals surface area contributed by atoms with Crippen molar-refractivity contribution in [3.63, 3.8) is 0 Å². The lowest BCUT2D eigenvalue weighted by Gasteiger charge is -2.02. The van der Waals surface area contributed by atoms with Crippen LogP contribution in [0, 0.1) is 0 Å². The minimum absolute atomic E-state index is 0.199. The standard InChI is InChI=1S/C14H15N5OS/c1-2-3-4-13-17-10-6-5-9(7-11(10)18-13)16-14(20)12-8-15-19-21-12/h5-8H,2-4H2,1H3,(H,16,20)(H,17,18). The molecule has 0 saturated carbocycles. The number of hydrogen-bond donors (Lipinski definition) is 2. The number of carbonyl (C=O) groups excluding carboxylic acids is 1. The Balaban J connectivity index is 1.79. The molecule has 3 rings (SSSR count). The minimum atomic E-state index is -0.199. The van der Waals surface area contributed by atoms with Crippen molar-refractivity contribution >= 4 is 34.2 Å². The number of H-pyrrole nitrogens is 1. The van der Waals surface area contributed by atoms with Gasteiger partial charge in [0.05, 0.1) is 17.2 Å². The Morgan fingerprint density at radius 1 is 1.43 bits per heavy atom. The number of nitrogens with one attached hydrogen (secondary N) is 2. The highest BCUT2D eigenvalue weighted by Gasteiger charge is 2.10. The van der Waals surface area contributed by atoms with Crippen LogP contribution in [-0.2, 0) is 6.42 Å². The van der Waals surface area contributed by atoms with Gasteiger partial charge in [0.2, 0.25) is 0 Å². The zero-order chi connectivity index (χ0) is 14.7. The van der Waals surface area contributed by atoms with Crippen molar-refractivity contribution in [3.8, 4) is 0 Å². The lowest BCUT2D eigenvalue weighted by Crippen LogP contribution is -2.09. The quantitative estimate of drug-likeness (QED) is 0.758. The number of carbonyl (C=O) groups is 1. The van der Waals surface area contributed by atoms with E-state index in [1.165, 1.54) is 6.20 Å². The van der Waals surface area contributed by atoms with Crippen molar-refractivity contribution in [2.24, 2.45) is 0 Å². The van der Waals surface area contributed by atoms with E-state index in [-0.39, 0.29) is 5.91 Å². The molecule has 2 heterocycles. The highest BCUT2D eigenvalue weighted by Crippen LogP contribution is 2.19. The number of aromatic nitrogens is 4. The van der Waals surface area contributed by atoms with Crippen molar-refractivity contribution in [2.75, 3.05) is 5.32 Å². The lowest BCUT2D eigenvalue weighted by atomic mass is 10.2. The molecule has 1 amide bonds. The number of anilines is 1. The number of nitrogens with zero attached hydrogens (tertiary/aromatic N) is 3. The van der Waals surface area contributed by atoms with Gasteiger partial charge in [0, 0.05) is 12.1 Å². The summed E-state index contributed by atoms with van der Waals surface area (Å²) in [5.41, 5.74) is 2.58. The molecule has 1 aromatic carbocycles. The number of unbranched alkanes of at least 4 members (excludes halogenated alkanes) is 1. The van der Waals surface area contributed by atoms with Gasteiger partial charge in [-0.2, -0.15) is 0 Å². The highest BCUT2D eigenvalue weighted by molar-refractivity contribution is 7.07. The zero-order valence-electron chi connectivity index (χ0n) is 11.6. The Morgan fingerprint density at radius 2 is 2.33 bits per heavy atom. The van der Waals surface area contributed by atoms with E-state index >= 15 is 0 Å². The summed E-state index contributed by atoms with van der Waals surface area (Å²) < 4.78 is 3.68. The first-order chi connectivity index (χ1) is 10.3. The van der Waals surface area contributed by atoms with Gasteiger partial charge < -0.3 is 10.3 Å². The predicted octanol–water partition coefficient (Wildman–Crippen LogP) is 3.01. The molecule has 21 heavy (non-hydrogen) atoms. The summed E-state index contributed by atoms with van der Waals surface area (Å²) in [4.78, 5) is 20.3. The molecule has 108 valence electrons. The van der Waals surface area contributed by atoms with Gasteiger partial charge in [-0.25, -0.2) is 4.98 Å². The molecule has 3 aromatic rings. The number of benzene rings is 1. The van der Waals surface area contributed by atoms with Crippen molar-refractivity contribution in [2.45, 2.75) is 26.2 Å². The van der Waals surface area contributed by atoms with Gasteiger partial charge >= 0.3 is 0 Å². The summed E-state index contributed by atoms with van der Waals surface area (Å²) in [6.45, 7) is 2.16. The Hall–Kier alpha value is -2.28. The van der Waals surface area contributed by atoms with Crippen molar-refractivity contribution < 1.29 is 4.79 Å². The van der Waals surface area contributed by atoms with Crippen LogP contribution in [0.5, 0.6) is 0 Å². The first-order valence-corrected chi connectivity index (χ1v) is 7.61. The first-order valence-electron chi connectivity index (χ1n) is 6.83. The summed E-state index contributed by atoms with van der Waals surface area (Å²) in [5.74, 6) is 0.789. The molecule has 2 N–H and O–H groups in total. The molecule has 0 fully saturated rings. The number of hydrogen-bond acceptors (Lipinski definition) is 5. The average molecular weight is 301 g/mol. The molecular weight excluding hydrogens is 286 g/mol. The third-order valence-corrected chi connectivity index (χ3v) is 3.80. The fourth-order valence-corrected chi connectivity index (χ4v) is 2.47. The first kappa shape index (κ1) is 13.7. The van der Waals surface area contributed by atoms with Crippen molar-refractivity contribution in [1.29, 1.82) is 0 Å². The Labute approximate surface area is 125 Å². The molecule has 0 atom stereocenters. The molecule has 0 aliphatic heterocycles. The number of rotatable bonds is 5. The smallest absolute Gasteiger partial charge is 0.269 e. The SMILES string of the molecule is CCCCc1nc2ccc(NC(=O)c3cnns3)cc2[nH]1. The second kappa shape index (κ2) is 6.01. The van der Waals surface area contributed by atoms with E-state index in [0.717, 1.165) is 53.3 Å². The van der Waals surface area contributed by atoms with E-state index in [2.05, 4.69) is 31.8 Å². The van der Waals surface area contributed by atoms with Gasteiger partial charge in [-0.05, 0) is 36.2 Å². The molecule has 0 unspecified atom stereocenters. The molecule has 0 bridgehead atoms.